The van der Waals surface area contributed by atoms with Crippen molar-refractivity contribution in [3.63, 3.8) is 0 Å². The number of carbonyl (C=O) groups is 2. The molecule has 2 aromatic carbocycles. The molecule has 1 N–H and O–H groups in total. The highest BCUT2D eigenvalue weighted by Crippen LogP contribution is 2.32. The molecule has 0 spiro atoms. The normalized spacial score (nSPS) is 16.2. The minimum absolute atomic E-state index is 0.153. The Hall–Kier alpha value is -2.87. The van der Waals surface area contributed by atoms with Crippen LogP contribution in [0.5, 0.6) is 0 Å². The smallest absolute Gasteiger partial charge is 0.336 e. The highest BCUT2D eigenvalue weighted by Gasteiger charge is 2.37. The van der Waals surface area contributed by atoms with Crippen LogP contribution in [0.1, 0.15) is 48.2 Å². The van der Waals surface area contributed by atoms with Gasteiger partial charge in [0.1, 0.15) is 0 Å². The first kappa shape index (κ1) is 23.8. The van der Waals surface area contributed by atoms with Crippen LogP contribution >= 0.6 is 0 Å². The molecule has 5 nitrogen and oxygen atoms in total. The third-order valence-electron chi connectivity index (χ3n) is 5.83. The minimum atomic E-state index is -4.59. The van der Waals surface area contributed by atoms with Gasteiger partial charge >= 0.3 is 6.18 Å². The lowest BCUT2D eigenvalue weighted by atomic mass is 10.0. The number of nitrogens with zero attached hydrogens (tertiary/aromatic N) is 2. The van der Waals surface area contributed by atoms with Gasteiger partial charge in [0.2, 0.25) is 5.91 Å². The Balaban J connectivity index is 1.62. The summed E-state index contributed by atoms with van der Waals surface area (Å²) in [4.78, 5) is 28.9. The second-order valence-corrected chi connectivity index (χ2v) is 8.28. The molecule has 1 unspecified atom stereocenters. The molecule has 1 fully saturated rings. The summed E-state index contributed by atoms with van der Waals surface area (Å²) in [5, 5.41) is 2.99. The monoisotopic (exact) mass is 447 g/mol. The van der Waals surface area contributed by atoms with Gasteiger partial charge in [0.05, 0.1) is 17.2 Å². The van der Waals surface area contributed by atoms with Crippen molar-refractivity contribution in [2.24, 2.45) is 0 Å². The van der Waals surface area contributed by atoms with E-state index in [1.807, 2.05) is 29.2 Å². The van der Waals surface area contributed by atoms with Gasteiger partial charge in [-0.3, -0.25) is 14.5 Å². The van der Waals surface area contributed by atoms with Crippen LogP contribution in [-0.4, -0.2) is 53.8 Å². The van der Waals surface area contributed by atoms with Crippen molar-refractivity contribution in [3.05, 3.63) is 65.2 Å². The number of anilines is 1. The first-order chi connectivity index (χ1) is 15.1. The lowest BCUT2D eigenvalue weighted by molar-refractivity contribution is -0.138. The van der Waals surface area contributed by atoms with Crippen LogP contribution in [-0.2, 0) is 11.0 Å². The maximum atomic E-state index is 13.3. The Morgan fingerprint density at radius 3 is 2.12 bits per heavy atom. The highest BCUT2D eigenvalue weighted by atomic mass is 19.4. The number of benzene rings is 2. The van der Waals surface area contributed by atoms with Crippen molar-refractivity contribution < 1.29 is 22.8 Å². The molecule has 1 aliphatic heterocycles. The number of piperazine rings is 1. The molecule has 1 heterocycles. The number of amides is 2. The molecule has 1 aliphatic rings. The van der Waals surface area contributed by atoms with E-state index in [0.717, 1.165) is 17.3 Å². The van der Waals surface area contributed by atoms with Crippen LogP contribution in [0.3, 0.4) is 0 Å². The summed E-state index contributed by atoms with van der Waals surface area (Å²) < 4.78 is 39.8. The quantitative estimate of drug-likeness (QED) is 0.728. The summed E-state index contributed by atoms with van der Waals surface area (Å²) in [7, 11) is 0. The van der Waals surface area contributed by atoms with E-state index in [4.69, 9.17) is 0 Å². The number of halogens is 3. The van der Waals surface area contributed by atoms with E-state index in [9.17, 15) is 22.8 Å². The number of hydrogen-bond donors (Lipinski definition) is 1. The Morgan fingerprint density at radius 2 is 1.50 bits per heavy atom. The Labute approximate surface area is 186 Å². The molecule has 32 heavy (non-hydrogen) atoms. The molecule has 1 saturated heterocycles. The van der Waals surface area contributed by atoms with Gasteiger partial charge in [0, 0.05) is 31.9 Å². The summed E-state index contributed by atoms with van der Waals surface area (Å²) in [5.74, 6) is -0.531. The second kappa shape index (κ2) is 9.73. The Morgan fingerprint density at radius 1 is 0.906 bits per heavy atom. The summed E-state index contributed by atoms with van der Waals surface area (Å²) in [6, 6.07) is 12.1. The van der Waals surface area contributed by atoms with Crippen LogP contribution in [0.25, 0.3) is 0 Å². The fourth-order valence-corrected chi connectivity index (χ4v) is 3.92. The topological polar surface area (TPSA) is 52.7 Å². The van der Waals surface area contributed by atoms with Gasteiger partial charge in [-0.1, -0.05) is 44.2 Å². The first-order valence-corrected chi connectivity index (χ1v) is 10.7. The van der Waals surface area contributed by atoms with E-state index in [1.54, 1.807) is 6.92 Å². The summed E-state index contributed by atoms with van der Waals surface area (Å²) in [6.45, 7) is 7.23. The first-order valence-electron chi connectivity index (χ1n) is 10.7. The molecule has 0 aliphatic carbocycles. The van der Waals surface area contributed by atoms with Gasteiger partial charge in [-0.05, 0) is 36.6 Å². The maximum Gasteiger partial charge on any atom is 0.417 e. The molecule has 172 valence electrons. The average Bonchev–Trinajstić information content (AvgIpc) is 2.77. The highest BCUT2D eigenvalue weighted by molar-refractivity contribution is 5.96. The number of nitrogens with one attached hydrogen (secondary N) is 1. The molecule has 1 atom stereocenters. The molecular formula is C24H28F3N3O2. The van der Waals surface area contributed by atoms with E-state index in [1.165, 1.54) is 23.1 Å². The standard InChI is InChI=1S/C24H28F3N3O2/c1-16(2)18-8-5-7-11-21(18)28-22(31)17(3)29-12-14-30(15-13-29)23(32)19-9-4-6-10-20(19)24(25,26)27/h4-11,16-17H,12-15H2,1-3H3,(H,28,31). The number of hydrogen-bond acceptors (Lipinski definition) is 3. The largest absolute Gasteiger partial charge is 0.417 e. The van der Waals surface area contributed by atoms with Crippen LogP contribution in [0.2, 0.25) is 0 Å². The van der Waals surface area contributed by atoms with Crippen LogP contribution < -0.4 is 5.32 Å². The zero-order chi connectivity index (χ0) is 23.5. The van der Waals surface area contributed by atoms with Crippen molar-refractivity contribution in [1.29, 1.82) is 0 Å². The summed E-state index contributed by atoms with van der Waals surface area (Å²) in [5.41, 5.74) is 0.553. The van der Waals surface area contributed by atoms with Crippen molar-refractivity contribution in [2.75, 3.05) is 31.5 Å². The van der Waals surface area contributed by atoms with E-state index in [0.29, 0.717) is 13.1 Å². The number of alkyl halides is 3. The van der Waals surface area contributed by atoms with E-state index >= 15 is 0 Å². The Kier molecular flexibility index (Phi) is 7.23. The van der Waals surface area contributed by atoms with Crippen molar-refractivity contribution in [2.45, 2.75) is 38.9 Å². The predicted octanol–water partition coefficient (Wildman–Crippen LogP) is 4.61. The molecule has 0 saturated carbocycles. The molecule has 0 bridgehead atoms. The van der Waals surface area contributed by atoms with Gasteiger partial charge in [-0.25, -0.2) is 0 Å². The zero-order valence-corrected chi connectivity index (χ0v) is 18.4. The predicted molar refractivity (Wildman–Crippen MR) is 118 cm³/mol. The van der Waals surface area contributed by atoms with Crippen molar-refractivity contribution in [3.8, 4) is 0 Å². The van der Waals surface area contributed by atoms with Crippen molar-refractivity contribution in [1.82, 2.24) is 9.80 Å². The summed E-state index contributed by atoms with van der Waals surface area (Å²) >= 11 is 0. The van der Waals surface area contributed by atoms with E-state index in [-0.39, 0.29) is 30.5 Å². The molecule has 0 radical (unpaired) electrons. The molecule has 2 aromatic rings. The Bertz CT molecular complexity index is 967. The average molecular weight is 448 g/mol. The fourth-order valence-electron chi connectivity index (χ4n) is 3.92. The molecule has 0 aromatic heterocycles. The van der Waals surface area contributed by atoms with Crippen molar-refractivity contribution >= 4 is 17.5 Å². The fraction of sp³-hybridized carbons (Fsp3) is 0.417. The molecule has 2 amide bonds. The van der Waals surface area contributed by atoms with Crippen LogP contribution in [0, 0.1) is 0 Å². The van der Waals surface area contributed by atoms with Crippen LogP contribution in [0.4, 0.5) is 18.9 Å². The van der Waals surface area contributed by atoms with Gasteiger partial charge in [-0.15, -0.1) is 0 Å². The van der Waals surface area contributed by atoms with Gasteiger partial charge in [0.25, 0.3) is 5.91 Å². The number of para-hydroxylation sites is 1. The summed E-state index contributed by atoms with van der Waals surface area (Å²) in [6.07, 6.45) is -4.59. The van der Waals surface area contributed by atoms with E-state index in [2.05, 4.69) is 19.2 Å². The molecule has 3 rings (SSSR count). The van der Waals surface area contributed by atoms with Gasteiger partial charge in [0.15, 0.2) is 0 Å². The third-order valence-corrected chi connectivity index (χ3v) is 5.83. The lowest BCUT2D eigenvalue weighted by Crippen LogP contribution is -2.54. The minimum Gasteiger partial charge on any atom is -0.336 e. The van der Waals surface area contributed by atoms with Gasteiger partial charge in [-0.2, -0.15) is 13.2 Å². The lowest BCUT2D eigenvalue weighted by Gasteiger charge is -2.37. The second-order valence-electron chi connectivity index (χ2n) is 8.28. The third kappa shape index (κ3) is 5.30. The molecular weight excluding hydrogens is 419 g/mol. The number of rotatable bonds is 5. The maximum absolute atomic E-state index is 13.3. The van der Waals surface area contributed by atoms with E-state index < -0.39 is 23.7 Å². The van der Waals surface area contributed by atoms with Gasteiger partial charge < -0.3 is 10.2 Å². The molecule has 8 heteroatoms. The zero-order valence-electron chi connectivity index (χ0n) is 18.4. The number of carbonyl (C=O) groups excluding carboxylic acids is 2. The van der Waals surface area contributed by atoms with Crippen LogP contribution in [0.15, 0.2) is 48.5 Å². The SMILES string of the molecule is CC(C)c1ccccc1NC(=O)C(C)N1CCN(C(=O)c2ccccc2C(F)(F)F)CC1.